The smallest absolute Gasteiger partial charge is 0.164 e. The highest BCUT2D eigenvalue weighted by Crippen LogP contribution is 2.14. The lowest BCUT2D eigenvalue weighted by atomic mass is 10.1. The van der Waals surface area contributed by atoms with E-state index in [9.17, 15) is 0 Å². The van der Waals surface area contributed by atoms with Gasteiger partial charge in [-0.3, -0.25) is 0 Å². The summed E-state index contributed by atoms with van der Waals surface area (Å²) in [5.74, 6) is 1.53. The van der Waals surface area contributed by atoms with E-state index in [1.54, 1.807) is 11.6 Å². The van der Waals surface area contributed by atoms with Gasteiger partial charge in [-0.25, -0.2) is 9.67 Å². The molecule has 6 heteroatoms. The van der Waals surface area contributed by atoms with Gasteiger partial charge in [0.15, 0.2) is 5.82 Å². The molecule has 0 aliphatic rings. The fraction of sp³-hybridized carbons (Fsp3) is 0.308. The highest BCUT2D eigenvalue weighted by atomic mass is 16.5. The second-order valence-electron chi connectivity index (χ2n) is 3.99. The molecule has 2 rings (SSSR count). The first-order valence-electron chi connectivity index (χ1n) is 6.03. The van der Waals surface area contributed by atoms with E-state index in [0.29, 0.717) is 12.3 Å². The molecular formula is C13H16N4O2. The number of oxime groups is 1. The van der Waals surface area contributed by atoms with Crippen molar-refractivity contribution in [2.75, 3.05) is 0 Å². The van der Waals surface area contributed by atoms with Gasteiger partial charge < -0.3 is 9.94 Å². The van der Waals surface area contributed by atoms with E-state index in [0.717, 1.165) is 23.7 Å². The second-order valence-corrected chi connectivity index (χ2v) is 3.99. The Morgan fingerprint density at radius 2 is 2.11 bits per heavy atom. The molecule has 0 unspecified atom stereocenters. The summed E-state index contributed by atoms with van der Waals surface area (Å²) in [5, 5.41) is 15.9. The molecule has 0 aliphatic heterocycles. The molecule has 0 amide bonds. The highest BCUT2D eigenvalue weighted by molar-refractivity contribution is 5.98. The molecule has 0 spiro atoms. The lowest BCUT2D eigenvalue weighted by Crippen LogP contribution is -2.07. The topological polar surface area (TPSA) is 72.5 Å². The van der Waals surface area contributed by atoms with E-state index in [4.69, 9.17) is 9.94 Å². The first-order valence-corrected chi connectivity index (χ1v) is 6.03. The van der Waals surface area contributed by atoms with E-state index >= 15 is 0 Å². The Morgan fingerprint density at radius 3 is 2.74 bits per heavy atom. The van der Waals surface area contributed by atoms with Crippen LogP contribution in [0.3, 0.4) is 0 Å². The van der Waals surface area contributed by atoms with Gasteiger partial charge in [0.2, 0.25) is 0 Å². The first kappa shape index (κ1) is 13.1. The zero-order chi connectivity index (χ0) is 13.7. The van der Waals surface area contributed by atoms with Gasteiger partial charge in [0.1, 0.15) is 18.7 Å². The molecule has 0 atom stereocenters. The summed E-state index contributed by atoms with van der Waals surface area (Å²) in [6, 6.07) is 7.34. The second kappa shape index (κ2) is 5.99. The molecule has 0 aliphatic carbocycles. The molecule has 2 aromatic rings. The molecule has 0 bridgehead atoms. The van der Waals surface area contributed by atoms with Gasteiger partial charge in [0.05, 0.1) is 5.71 Å². The van der Waals surface area contributed by atoms with Crippen LogP contribution in [0.15, 0.2) is 35.7 Å². The number of ether oxygens (including phenoxy) is 1. The molecule has 19 heavy (non-hydrogen) atoms. The molecule has 0 radical (unpaired) electrons. The van der Waals surface area contributed by atoms with Crippen LogP contribution in [-0.2, 0) is 13.2 Å². The normalized spacial score (nSPS) is 11.6. The molecule has 0 saturated carbocycles. The van der Waals surface area contributed by atoms with Crippen LogP contribution in [0.1, 0.15) is 25.2 Å². The third-order valence-corrected chi connectivity index (χ3v) is 2.79. The lowest BCUT2D eigenvalue weighted by Gasteiger charge is -2.07. The van der Waals surface area contributed by atoms with Crippen molar-refractivity contribution in [2.45, 2.75) is 27.0 Å². The van der Waals surface area contributed by atoms with Gasteiger partial charge >= 0.3 is 0 Å². The van der Waals surface area contributed by atoms with E-state index in [1.807, 2.05) is 31.2 Å². The molecule has 1 N–H and O–H groups in total. The van der Waals surface area contributed by atoms with Gasteiger partial charge in [-0.1, -0.05) is 5.16 Å². The summed E-state index contributed by atoms with van der Waals surface area (Å²) in [5.41, 5.74) is 1.42. The monoisotopic (exact) mass is 260 g/mol. The summed E-state index contributed by atoms with van der Waals surface area (Å²) in [4.78, 5) is 4.14. The van der Waals surface area contributed by atoms with E-state index in [2.05, 4.69) is 15.2 Å². The summed E-state index contributed by atoms with van der Waals surface area (Å²) in [6.45, 7) is 4.88. The van der Waals surface area contributed by atoms with Crippen LogP contribution in [0, 0.1) is 0 Å². The molecule has 6 nitrogen and oxygen atoms in total. The van der Waals surface area contributed by atoms with Crippen molar-refractivity contribution in [3.8, 4) is 5.75 Å². The number of hydrogen-bond donors (Lipinski definition) is 1. The summed E-state index contributed by atoms with van der Waals surface area (Å²) >= 11 is 0. The number of nitrogens with zero attached hydrogens (tertiary/aromatic N) is 4. The van der Waals surface area contributed by atoms with E-state index in [1.165, 1.54) is 6.33 Å². The SMILES string of the molecule is CCn1ncnc1COc1ccc(C(C)=NO)cc1. The average molecular weight is 260 g/mol. The van der Waals surface area contributed by atoms with Gasteiger partial charge in [0, 0.05) is 6.54 Å². The fourth-order valence-corrected chi connectivity index (χ4v) is 1.66. The quantitative estimate of drug-likeness (QED) is 0.507. The Kier molecular flexibility index (Phi) is 4.12. The Bertz CT molecular complexity index is 560. The van der Waals surface area contributed by atoms with Crippen molar-refractivity contribution in [3.63, 3.8) is 0 Å². The molecule has 100 valence electrons. The first-order chi connectivity index (χ1) is 9.24. The Balaban J connectivity index is 2.00. The van der Waals surface area contributed by atoms with Crippen LogP contribution < -0.4 is 4.74 Å². The van der Waals surface area contributed by atoms with Crippen LogP contribution in [0.2, 0.25) is 0 Å². The molecule has 1 heterocycles. The van der Waals surface area contributed by atoms with Crippen molar-refractivity contribution in [3.05, 3.63) is 42.0 Å². The van der Waals surface area contributed by atoms with Crippen LogP contribution in [0.5, 0.6) is 5.75 Å². The van der Waals surface area contributed by atoms with E-state index in [-0.39, 0.29) is 0 Å². The molecular weight excluding hydrogens is 244 g/mol. The Morgan fingerprint density at radius 1 is 1.37 bits per heavy atom. The predicted octanol–water partition coefficient (Wildman–Crippen LogP) is 2.08. The third-order valence-electron chi connectivity index (χ3n) is 2.79. The largest absolute Gasteiger partial charge is 0.486 e. The van der Waals surface area contributed by atoms with Gasteiger partial charge in [-0.05, 0) is 43.7 Å². The number of aryl methyl sites for hydroxylation is 1. The maximum atomic E-state index is 8.68. The van der Waals surface area contributed by atoms with Crippen molar-refractivity contribution in [1.82, 2.24) is 14.8 Å². The van der Waals surface area contributed by atoms with Gasteiger partial charge in [-0.2, -0.15) is 5.10 Å². The Hall–Kier alpha value is -2.37. The van der Waals surface area contributed by atoms with E-state index < -0.39 is 0 Å². The summed E-state index contributed by atoms with van der Waals surface area (Å²) in [6.07, 6.45) is 1.52. The standard InChI is InChI=1S/C13H16N4O2/c1-3-17-13(14-9-15-17)8-19-12-6-4-11(5-7-12)10(2)16-18/h4-7,9,18H,3,8H2,1-2H3. The van der Waals surface area contributed by atoms with Crippen molar-refractivity contribution in [2.24, 2.45) is 5.16 Å². The zero-order valence-corrected chi connectivity index (χ0v) is 10.9. The zero-order valence-electron chi connectivity index (χ0n) is 10.9. The summed E-state index contributed by atoms with van der Waals surface area (Å²) in [7, 11) is 0. The molecule has 0 fully saturated rings. The van der Waals surface area contributed by atoms with Crippen LogP contribution in [0.4, 0.5) is 0 Å². The number of aromatic nitrogens is 3. The maximum Gasteiger partial charge on any atom is 0.164 e. The molecule has 1 aromatic heterocycles. The van der Waals surface area contributed by atoms with Gasteiger partial charge in [0.25, 0.3) is 0 Å². The minimum Gasteiger partial charge on any atom is -0.486 e. The Labute approximate surface area is 111 Å². The molecule has 1 aromatic carbocycles. The van der Waals surface area contributed by atoms with Crippen LogP contribution in [0.25, 0.3) is 0 Å². The minimum absolute atomic E-state index is 0.375. The number of hydrogen-bond acceptors (Lipinski definition) is 5. The van der Waals surface area contributed by atoms with Crippen molar-refractivity contribution >= 4 is 5.71 Å². The fourth-order valence-electron chi connectivity index (χ4n) is 1.66. The van der Waals surface area contributed by atoms with Crippen LogP contribution >= 0.6 is 0 Å². The molecule has 0 saturated heterocycles. The maximum absolute atomic E-state index is 8.68. The predicted molar refractivity (Wildman–Crippen MR) is 70.5 cm³/mol. The third kappa shape index (κ3) is 3.09. The minimum atomic E-state index is 0.375. The van der Waals surface area contributed by atoms with Crippen LogP contribution in [-0.4, -0.2) is 25.7 Å². The van der Waals surface area contributed by atoms with Crippen molar-refractivity contribution < 1.29 is 9.94 Å². The number of benzene rings is 1. The average Bonchev–Trinajstić information content (AvgIpc) is 2.92. The lowest BCUT2D eigenvalue weighted by molar-refractivity contribution is 0.287. The number of rotatable bonds is 5. The highest BCUT2D eigenvalue weighted by Gasteiger charge is 2.04. The summed E-state index contributed by atoms with van der Waals surface area (Å²) < 4.78 is 7.42. The van der Waals surface area contributed by atoms with Gasteiger partial charge in [-0.15, -0.1) is 0 Å². The van der Waals surface area contributed by atoms with Crippen molar-refractivity contribution in [1.29, 1.82) is 0 Å².